The monoisotopic (exact) mass is 392 g/mol. The Morgan fingerprint density at radius 3 is 1.55 bits per heavy atom. The van der Waals surface area contributed by atoms with Gasteiger partial charge in [-0.3, -0.25) is 0 Å². The Morgan fingerprint density at radius 2 is 1.03 bits per heavy atom. The molecular formula is C25H16F4. The van der Waals surface area contributed by atoms with Crippen LogP contribution in [0.2, 0.25) is 0 Å². The molecule has 0 bridgehead atoms. The molecule has 3 aromatic rings. The molecule has 0 aromatic heterocycles. The molecule has 0 fully saturated rings. The molecule has 0 atom stereocenters. The van der Waals surface area contributed by atoms with Crippen LogP contribution < -0.4 is 0 Å². The van der Waals surface area contributed by atoms with Crippen LogP contribution in [0.25, 0.3) is 0 Å². The van der Waals surface area contributed by atoms with E-state index in [-0.39, 0.29) is 0 Å². The molecule has 4 heteroatoms. The lowest BCUT2D eigenvalue weighted by Gasteiger charge is -2.05. The number of benzene rings is 3. The fourth-order valence-corrected chi connectivity index (χ4v) is 2.71. The summed E-state index contributed by atoms with van der Waals surface area (Å²) < 4.78 is 57.5. The van der Waals surface area contributed by atoms with Crippen molar-refractivity contribution < 1.29 is 17.6 Å². The van der Waals surface area contributed by atoms with E-state index in [0.717, 1.165) is 16.7 Å². The van der Waals surface area contributed by atoms with Crippen molar-refractivity contribution in [3.05, 3.63) is 105 Å². The number of hydrogen-bond donors (Lipinski definition) is 0. The van der Waals surface area contributed by atoms with Gasteiger partial charge in [0.15, 0.2) is 23.3 Å². The molecule has 144 valence electrons. The zero-order valence-corrected chi connectivity index (χ0v) is 16.1. The molecule has 0 aliphatic rings. The van der Waals surface area contributed by atoms with Crippen LogP contribution in [-0.2, 0) is 0 Å². The Balaban J connectivity index is 2.05. The van der Waals surface area contributed by atoms with E-state index in [0.29, 0.717) is 11.1 Å². The van der Waals surface area contributed by atoms with Crippen LogP contribution in [-0.4, -0.2) is 0 Å². The van der Waals surface area contributed by atoms with Crippen molar-refractivity contribution in [2.75, 3.05) is 0 Å². The first kappa shape index (κ1) is 20.2. The molecule has 0 saturated carbocycles. The fourth-order valence-electron chi connectivity index (χ4n) is 2.71. The van der Waals surface area contributed by atoms with Gasteiger partial charge in [0.05, 0.1) is 0 Å². The van der Waals surface area contributed by atoms with Crippen molar-refractivity contribution in [1.29, 1.82) is 0 Å². The van der Waals surface area contributed by atoms with Crippen LogP contribution in [0.15, 0.2) is 42.5 Å². The summed E-state index contributed by atoms with van der Waals surface area (Å²) in [5.41, 5.74) is 1.83. The van der Waals surface area contributed by atoms with Crippen LogP contribution >= 0.6 is 0 Å². The molecule has 0 spiro atoms. The molecule has 0 aliphatic carbocycles. The van der Waals surface area contributed by atoms with Gasteiger partial charge in [-0.2, -0.15) is 0 Å². The SMILES string of the molecule is Cc1ccc(C#Cc2c(F)c(F)c(C#Cc3ccc(C)cc3C)c(F)c2F)cc1. The van der Waals surface area contributed by atoms with Gasteiger partial charge in [0.25, 0.3) is 0 Å². The van der Waals surface area contributed by atoms with Crippen LogP contribution in [0.5, 0.6) is 0 Å². The number of rotatable bonds is 0. The van der Waals surface area contributed by atoms with Crippen molar-refractivity contribution in [2.24, 2.45) is 0 Å². The highest BCUT2D eigenvalue weighted by atomic mass is 19.2. The quantitative estimate of drug-likeness (QED) is 0.251. The third kappa shape index (κ3) is 4.33. The summed E-state index contributed by atoms with van der Waals surface area (Å²) >= 11 is 0. The lowest BCUT2D eigenvalue weighted by atomic mass is 10.0. The molecule has 0 amide bonds. The van der Waals surface area contributed by atoms with E-state index in [9.17, 15) is 17.6 Å². The van der Waals surface area contributed by atoms with Crippen molar-refractivity contribution in [3.8, 4) is 23.7 Å². The first-order valence-corrected chi connectivity index (χ1v) is 8.82. The van der Waals surface area contributed by atoms with Gasteiger partial charge in [0.2, 0.25) is 0 Å². The first-order valence-electron chi connectivity index (χ1n) is 8.82. The van der Waals surface area contributed by atoms with E-state index >= 15 is 0 Å². The maximum absolute atomic E-state index is 14.4. The predicted molar refractivity (Wildman–Crippen MR) is 105 cm³/mol. The summed E-state index contributed by atoms with van der Waals surface area (Å²) in [4.78, 5) is 0. The Kier molecular flexibility index (Phi) is 5.76. The van der Waals surface area contributed by atoms with Gasteiger partial charge in [-0.05, 0) is 44.5 Å². The highest BCUT2D eigenvalue weighted by Crippen LogP contribution is 2.23. The summed E-state index contributed by atoms with van der Waals surface area (Å²) in [7, 11) is 0. The summed E-state index contributed by atoms with van der Waals surface area (Å²) in [5.74, 6) is 3.25. The average Bonchev–Trinajstić information content (AvgIpc) is 2.69. The summed E-state index contributed by atoms with van der Waals surface area (Å²) in [6, 6.07) is 12.1. The van der Waals surface area contributed by atoms with Gasteiger partial charge in [0, 0.05) is 11.1 Å². The highest BCUT2D eigenvalue weighted by molar-refractivity contribution is 5.52. The van der Waals surface area contributed by atoms with Crippen LogP contribution in [0.3, 0.4) is 0 Å². The Hall–Kier alpha value is -3.50. The van der Waals surface area contributed by atoms with Gasteiger partial charge >= 0.3 is 0 Å². The third-order valence-corrected chi connectivity index (χ3v) is 4.35. The summed E-state index contributed by atoms with van der Waals surface area (Å²) in [6.45, 7) is 5.55. The molecule has 0 heterocycles. The summed E-state index contributed by atoms with van der Waals surface area (Å²) in [6.07, 6.45) is 0. The molecule has 0 saturated heterocycles. The average molecular weight is 392 g/mol. The Bertz CT molecular complexity index is 1190. The van der Waals surface area contributed by atoms with E-state index in [4.69, 9.17) is 0 Å². The second-order valence-corrected chi connectivity index (χ2v) is 6.69. The molecule has 0 radical (unpaired) electrons. The second-order valence-electron chi connectivity index (χ2n) is 6.69. The maximum Gasteiger partial charge on any atom is 0.178 e. The molecular weight excluding hydrogens is 376 g/mol. The minimum Gasteiger partial charge on any atom is -0.202 e. The van der Waals surface area contributed by atoms with E-state index < -0.39 is 34.4 Å². The van der Waals surface area contributed by atoms with Crippen LogP contribution in [0.4, 0.5) is 17.6 Å². The number of aryl methyl sites for hydroxylation is 3. The summed E-state index contributed by atoms with van der Waals surface area (Å²) in [5, 5.41) is 0. The third-order valence-electron chi connectivity index (χ3n) is 4.35. The fraction of sp³-hybridized carbons (Fsp3) is 0.120. The topological polar surface area (TPSA) is 0 Å². The van der Waals surface area contributed by atoms with Crippen molar-refractivity contribution >= 4 is 0 Å². The molecule has 0 aliphatic heterocycles. The lowest BCUT2D eigenvalue weighted by molar-refractivity contribution is 0.447. The van der Waals surface area contributed by atoms with Crippen LogP contribution in [0, 0.1) is 67.7 Å². The highest BCUT2D eigenvalue weighted by Gasteiger charge is 2.23. The minimum atomic E-state index is -1.56. The zero-order chi connectivity index (χ0) is 21.1. The standard InChI is InChI=1S/C25H16F4/c1-15-4-7-18(8-5-15)9-12-20-22(26)24(28)21(25(29)23(20)27)13-11-19-10-6-16(2)14-17(19)3/h4-8,10,14H,1-3H3. The molecule has 0 nitrogen and oxygen atoms in total. The predicted octanol–water partition coefficient (Wildman–Crippen LogP) is 5.97. The largest absolute Gasteiger partial charge is 0.202 e. The molecule has 3 rings (SSSR count). The van der Waals surface area contributed by atoms with E-state index in [1.54, 1.807) is 43.3 Å². The number of hydrogen-bond acceptors (Lipinski definition) is 0. The van der Waals surface area contributed by atoms with Crippen molar-refractivity contribution in [2.45, 2.75) is 20.8 Å². The van der Waals surface area contributed by atoms with E-state index in [1.807, 2.05) is 19.9 Å². The van der Waals surface area contributed by atoms with E-state index in [1.165, 1.54) is 0 Å². The molecule has 29 heavy (non-hydrogen) atoms. The van der Waals surface area contributed by atoms with Gasteiger partial charge in [-0.15, -0.1) is 0 Å². The first-order chi connectivity index (χ1) is 13.8. The Morgan fingerprint density at radius 1 is 0.552 bits per heavy atom. The maximum atomic E-state index is 14.4. The lowest BCUT2D eigenvalue weighted by Crippen LogP contribution is -2.04. The molecule has 0 N–H and O–H groups in total. The van der Waals surface area contributed by atoms with Gasteiger partial charge < -0.3 is 0 Å². The smallest absolute Gasteiger partial charge is 0.178 e. The normalized spacial score (nSPS) is 10.0. The second kappa shape index (κ2) is 8.25. The van der Waals surface area contributed by atoms with Gasteiger partial charge in [-0.25, -0.2) is 17.6 Å². The van der Waals surface area contributed by atoms with Crippen molar-refractivity contribution in [1.82, 2.24) is 0 Å². The Labute approximate surface area is 167 Å². The minimum absolute atomic E-state index is 0.467. The van der Waals surface area contributed by atoms with Gasteiger partial charge in [0.1, 0.15) is 11.1 Å². The zero-order valence-electron chi connectivity index (χ0n) is 16.1. The molecule has 0 unspecified atom stereocenters. The molecule has 3 aromatic carbocycles. The number of halogens is 4. The van der Waals surface area contributed by atoms with Gasteiger partial charge in [-0.1, -0.05) is 59.1 Å². The van der Waals surface area contributed by atoms with Crippen molar-refractivity contribution in [3.63, 3.8) is 0 Å². The van der Waals surface area contributed by atoms with E-state index in [2.05, 4.69) is 23.7 Å². The van der Waals surface area contributed by atoms with Crippen LogP contribution in [0.1, 0.15) is 38.9 Å².